The van der Waals surface area contributed by atoms with E-state index in [1.165, 1.54) is 20.1 Å². The van der Waals surface area contributed by atoms with Crippen molar-refractivity contribution < 1.29 is 19.1 Å². The van der Waals surface area contributed by atoms with Crippen LogP contribution in [0.3, 0.4) is 0 Å². The number of ether oxygens (including phenoxy) is 2. The molecule has 0 spiro atoms. The maximum atomic E-state index is 11.8. The molecule has 108 valence electrons. The first-order valence-corrected chi connectivity index (χ1v) is 6.63. The highest BCUT2D eigenvalue weighted by Crippen LogP contribution is 2.48. The molecule has 2 unspecified atom stereocenters. The van der Waals surface area contributed by atoms with Crippen molar-refractivity contribution in [3.8, 4) is 5.75 Å². The van der Waals surface area contributed by atoms with E-state index in [2.05, 4.69) is 5.32 Å². The fraction of sp³-hybridized carbons (Fsp3) is 0.429. The lowest BCUT2D eigenvalue weighted by atomic mass is 9.94. The van der Waals surface area contributed by atoms with E-state index >= 15 is 0 Å². The zero-order chi connectivity index (χ0) is 15.0. The molecule has 5 nitrogen and oxygen atoms in total. The maximum Gasteiger partial charge on any atom is 0.341 e. The summed E-state index contributed by atoms with van der Waals surface area (Å²) in [5.41, 5.74) is 1.51. The van der Waals surface area contributed by atoms with Gasteiger partial charge in [0.25, 0.3) is 0 Å². The third-order valence-corrected chi connectivity index (χ3v) is 3.74. The van der Waals surface area contributed by atoms with Gasteiger partial charge in [-0.15, -0.1) is 0 Å². The van der Waals surface area contributed by atoms with Crippen LogP contribution >= 0.6 is 11.6 Å². The second-order valence-electron chi connectivity index (χ2n) is 4.81. The van der Waals surface area contributed by atoms with Crippen LogP contribution in [0.15, 0.2) is 6.07 Å². The quantitative estimate of drug-likeness (QED) is 0.852. The van der Waals surface area contributed by atoms with Gasteiger partial charge < -0.3 is 14.8 Å². The van der Waals surface area contributed by atoms with Crippen molar-refractivity contribution in [2.24, 2.45) is 0 Å². The van der Waals surface area contributed by atoms with Gasteiger partial charge in [-0.3, -0.25) is 4.79 Å². The molecule has 1 aromatic rings. The third-order valence-electron chi connectivity index (χ3n) is 3.44. The Morgan fingerprint density at radius 2 is 2.05 bits per heavy atom. The number of esters is 1. The van der Waals surface area contributed by atoms with Crippen molar-refractivity contribution in [2.75, 3.05) is 12.4 Å². The number of benzene rings is 1. The fourth-order valence-electron chi connectivity index (χ4n) is 2.30. The van der Waals surface area contributed by atoms with Gasteiger partial charge in [-0.05, 0) is 13.0 Å². The Labute approximate surface area is 122 Å². The molecular formula is C14H16ClNO4. The lowest BCUT2D eigenvalue weighted by Gasteiger charge is -2.14. The Morgan fingerprint density at radius 1 is 1.40 bits per heavy atom. The van der Waals surface area contributed by atoms with E-state index in [1.54, 1.807) is 0 Å². The number of fused-ring (bicyclic) bond motifs is 1. The minimum absolute atomic E-state index is 0.00829. The van der Waals surface area contributed by atoms with E-state index in [-0.39, 0.29) is 23.5 Å². The van der Waals surface area contributed by atoms with Crippen LogP contribution in [0, 0.1) is 0 Å². The van der Waals surface area contributed by atoms with Crippen LogP contribution in [0.1, 0.15) is 42.6 Å². The average molecular weight is 298 g/mol. The Balaban J connectivity index is 2.67. The van der Waals surface area contributed by atoms with Crippen LogP contribution < -0.4 is 10.1 Å². The molecule has 0 fully saturated rings. The van der Waals surface area contributed by atoms with E-state index in [1.807, 2.05) is 13.8 Å². The number of hydrogen-bond acceptors (Lipinski definition) is 4. The monoisotopic (exact) mass is 297 g/mol. The molecule has 0 saturated carbocycles. The molecule has 1 heterocycles. The number of rotatable bonds is 2. The molecule has 0 bridgehead atoms. The summed E-state index contributed by atoms with van der Waals surface area (Å²) in [7, 11) is 1.30. The number of anilines is 1. The predicted molar refractivity (Wildman–Crippen MR) is 75.6 cm³/mol. The highest BCUT2D eigenvalue weighted by molar-refractivity contribution is 6.34. The zero-order valence-corrected chi connectivity index (χ0v) is 12.5. The number of methoxy groups -OCH3 is 1. The molecule has 6 heteroatoms. The van der Waals surface area contributed by atoms with E-state index in [9.17, 15) is 9.59 Å². The molecule has 0 radical (unpaired) electrons. The molecule has 0 aromatic heterocycles. The number of nitrogens with one attached hydrogen (secondary N) is 1. The standard InChI is InChI=1S/C14H16ClNO4/c1-6-7(2)20-13-9(14(18)19-4)5-10(15)12(11(6)13)16-8(3)17/h5-7H,1-4H3,(H,16,17). The summed E-state index contributed by atoms with van der Waals surface area (Å²) in [5.74, 6) is -0.301. The lowest BCUT2D eigenvalue weighted by molar-refractivity contribution is -0.114. The Bertz CT molecular complexity index is 585. The molecule has 2 rings (SSSR count). The van der Waals surface area contributed by atoms with Crippen molar-refractivity contribution in [3.05, 3.63) is 22.2 Å². The maximum absolute atomic E-state index is 11.8. The number of halogens is 1. The van der Waals surface area contributed by atoms with Crippen molar-refractivity contribution in [1.29, 1.82) is 0 Å². The summed E-state index contributed by atoms with van der Waals surface area (Å²) in [6.45, 7) is 5.26. The van der Waals surface area contributed by atoms with Gasteiger partial charge >= 0.3 is 5.97 Å². The Kier molecular flexibility index (Phi) is 3.90. The minimum Gasteiger partial charge on any atom is -0.489 e. The lowest BCUT2D eigenvalue weighted by Crippen LogP contribution is -2.12. The van der Waals surface area contributed by atoms with Gasteiger partial charge in [-0.2, -0.15) is 0 Å². The fourth-order valence-corrected chi connectivity index (χ4v) is 2.56. The van der Waals surface area contributed by atoms with Gasteiger partial charge in [0.05, 0.1) is 17.8 Å². The molecule has 0 saturated heterocycles. The minimum atomic E-state index is -0.515. The SMILES string of the molecule is COC(=O)c1cc(Cl)c(NC(C)=O)c2c1OC(C)C2C. The topological polar surface area (TPSA) is 64.6 Å². The second-order valence-corrected chi connectivity index (χ2v) is 5.22. The number of carbonyl (C=O) groups excluding carboxylic acids is 2. The number of hydrogen-bond donors (Lipinski definition) is 1. The first-order valence-electron chi connectivity index (χ1n) is 6.25. The summed E-state index contributed by atoms with van der Waals surface area (Å²) in [6.07, 6.45) is -0.112. The molecule has 1 aromatic carbocycles. The first-order chi connectivity index (χ1) is 9.36. The van der Waals surface area contributed by atoms with Crippen LogP contribution in [-0.2, 0) is 9.53 Å². The molecule has 1 amide bonds. The summed E-state index contributed by atoms with van der Waals surface area (Å²) in [5, 5.41) is 3.00. The average Bonchev–Trinajstić information content (AvgIpc) is 2.68. The van der Waals surface area contributed by atoms with Gasteiger partial charge in [-0.25, -0.2) is 4.79 Å². The van der Waals surface area contributed by atoms with Crippen LogP contribution in [0.2, 0.25) is 5.02 Å². The molecule has 20 heavy (non-hydrogen) atoms. The third kappa shape index (κ3) is 2.33. The molecule has 1 aliphatic rings. The van der Waals surface area contributed by atoms with Crippen molar-refractivity contribution in [3.63, 3.8) is 0 Å². The van der Waals surface area contributed by atoms with Gasteiger partial charge in [0.2, 0.25) is 5.91 Å². The molecular weight excluding hydrogens is 282 g/mol. The highest BCUT2D eigenvalue weighted by Gasteiger charge is 2.36. The number of amides is 1. The van der Waals surface area contributed by atoms with Crippen molar-refractivity contribution in [2.45, 2.75) is 32.8 Å². The first kappa shape index (κ1) is 14.7. The van der Waals surface area contributed by atoms with Crippen LogP contribution in [0.5, 0.6) is 5.75 Å². The van der Waals surface area contributed by atoms with Gasteiger partial charge in [-0.1, -0.05) is 18.5 Å². The summed E-state index contributed by atoms with van der Waals surface area (Å²) in [4.78, 5) is 23.2. The largest absolute Gasteiger partial charge is 0.489 e. The van der Waals surface area contributed by atoms with Gasteiger partial charge in [0.1, 0.15) is 17.4 Å². The Hall–Kier alpha value is -1.75. The van der Waals surface area contributed by atoms with E-state index in [0.717, 1.165) is 5.56 Å². The normalized spacial score (nSPS) is 20.1. The van der Waals surface area contributed by atoms with Gasteiger partial charge in [0.15, 0.2) is 0 Å². The van der Waals surface area contributed by atoms with Crippen LogP contribution in [0.25, 0.3) is 0 Å². The molecule has 1 N–H and O–H groups in total. The molecule has 0 aliphatic carbocycles. The predicted octanol–water partition coefficient (Wildman–Crippen LogP) is 2.97. The van der Waals surface area contributed by atoms with Gasteiger partial charge in [0, 0.05) is 18.4 Å². The van der Waals surface area contributed by atoms with E-state index < -0.39 is 5.97 Å². The number of carbonyl (C=O) groups is 2. The smallest absolute Gasteiger partial charge is 0.341 e. The molecule has 2 atom stereocenters. The van der Waals surface area contributed by atoms with Crippen molar-refractivity contribution >= 4 is 29.2 Å². The second kappa shape index (κ2) is 5.32. The summed E-state index contributed by atoms with van der Waals surface area (Å²) >= 11 is 6.19. The van der Waals surface area contributed by atoms with Crippen LogP contribution in [0.4, 0.5) is 5.69 Å². The summed E-state index contributed by atoms with van der Waals surface area (Å²) in [6, 6.07) is 1.46. The highest BCUT2D eigenvalue weighted by atomic mass is 35.5. The summed E-state index contributed by atoms with van der Waals surface area (Å²) < 4.78 is 10.5. The Morgan fingerprint density at radius 3 is 2.60 bits per heavy atom. The zero-order valence-electron chi connectivity index (χ0n) is 11.7. The van der Waals surface area contributed by atoms with Crippen molar-refractivity contribution in [1.82, 2.24) is 0 Å². The van der Waals surface area contributed by atoms with E-state index in [0.29, 0.717) is 16.5 Å². The van der Waals surface area contributed by atoms with E-state index in [4.69, 9.17) is 21.1 Å². The van der Waals surface area contributed by atoms with Crippen LogP contribution in [-0.4, -0.2) is 25.1 Å². The molecule has 1 aliphatic heterocycles.